The number of nitrogens with zero attached hydrogens (tertiary/aromatic N) is 2. The Kier molecular flexibility index (Phi) is 10.4. The first-order chi connectivity index (χ1) is 25.7. The molecule has 0 aromatic heterocycles. The summed E-state index contributed by atoms with van der Waals surface area (Å²) in [7, 11) is 0. The molecule has 2 fully saturated rings. The van der Waals surface area contributed by atoms with E-state index < -0.39 is 73.2 Å². The molecule has 3 heterocycles. The van der Waals surface area contributed by atoms with Crippen LogP contribution < -0.4 is 5.32 Å². The molecule has 0 saturated carbocycles. The lowest BCUT2D eigenvalue weighted by molar-refractivity contribution is -0.313. The molecule has 53 heavy (non-hydrogen) atoms. The van der Waals surface area contributed by atoms with E-state index in [2.05, 4.69) is 10.5 Å². The van der Waals surface area contributed by atoms with Crippen molar-refractivity contribution in [3.05, 3.63) is 141 Å². The van der Waals surface area contributed by atoms with E-state index in [0.29, 0.717) is 5.06 Å². The second-order valence-electron chi connectivity index (χ2n) is 11.8. The van der Waals surface area contributed by atoms with Crippen molar-refractivity contribution in [2.45, 2.75) is 30.8 Å². The summed E-state index contributed by atoms with van der Waals surface area (Å²) in [6.45, 7) is -0.509. The number of halogens is 2. The Bertz CT molecular complexity index is 2050. The van der Waals surface area contributed by atoms with E-state index in [1.807, 2.05) is 0 Å². The first-order valence-corrected chi connectivity index (χ1v) is 16.8. The Morgan fingerprint density at radius 2 is 1.25 bits per heavy atom. The molecule has 3 aliphatic heterocycles. The molecule has 6 atom stereocenters. The van der Waals surface area contributed by atoms with E-state index >= 15 is 0 Å². The zero-order chi connectivity index (χ0) is 37.1. The molecule has 2 unspecified atom stereocenters. The number of nitrogens with one attached hydrogen (secondary N) is 1. The molecule has 4 aromatic rings. The van der Waals surface area contributed by atoms with Gasteiger partial charge in [0.25, 0.3) is 0 Å². The molecule has 270 valence electrons. The molecular weight excluding hydrogens is 733 g/mol. The van der Waals surface area contributed by atoms with Gasteiger partial charge in [-0.2, -0.15) is 5.06 Å². The summed E-state index contributed by atoms with van der Waals surface area (Å²) in [6.07, 6.45) is -7.58. The van der Waals surface area contributed by atoms with Crippen LogP contribution in [0.4, 0.5) is 4.79 Å². The standard InChI is InChI=1S/C37H27Cl2N3O11/c38-23-17-10-18-24(39)26(23)28-27-31(43)40-37(47)42(32(27)52-41-28)53-36-30(51-35(46)22-15-8-3-9-16-22)29(50-34(45)21-13-6-2-7-14-21)25(49-36)19-48-33(44)20-11-4-1-5-12-20/h1-18,25,27,29-30,32,36H,19H2,(H,40,43,47)/t25-,27?,29-,30-,32?,36-/m1/s1. The minimum absolute atomic E-state index is 0.0176. The number of esters is 3. The summed E-state index contributed by atoms with van der Waals surface area (Å²) < 4.78 is 23.4. The van der Waals surface area contributed by atoms with Gasteiger partial charge in [0.1, 0.15) is 24.3 Å². The SMILES string of the molecule is O=C(OC[C@H]1O[C@H](ON2C(=O)NC(=O)C3C(c4c(Cl)cccc4Cl)=NOC32)[C@H](OC(=O)c2ccccc2)[C@@H]1OC(=O)c1ccccc1)c1ccccc1. The maximum Gasteiger partial charge on any atom is 0.351 e. The molecule has 0 bridgehead atoms. The first kappa shape index (κ1) is 35.6. The van der Waals surface area contributed by atoms with Gasteiger partial charge in [0.05, 0.1) is 26.7 Å². The fourth-order valence-electron chi connectivity index (χ4n) is 5.84. The van der Waals surface area contributed by atoms with Crippen LogP contribution in [0.3, 0.4) is 0 Å². The Balaban J connectivity index is 1.21. The summed E-state index contributed by atoms with van der Waals surface area (Å²) in [6, 6.07) is 27.6. The maximum absolute atomic E-state index is 13.5. The summed E-state index contributed by atoms with van der Waals surface area (Å²) in [4.78, 5) is 78.0. The molecule has 4 aromatic carbocycles. The van der Waals surface area contributed by atoms with Crippen LogP contribution in [0.2, 0.25) is 10.0 Å². The minimum Gasteiger partial charge on any atom is -0.459 e. The van der Waals surface area contributed by atoms with Crippen molar-refractivity contribution in [2.75, 3.05) is 6.61 Å². The number of fused-ring (bicyclic) bond motifs is 1. The number of benzene rings is 4. The number of hydrogen-bond acceptors (Lipinski definition) is 12. The number of urea groups is 1. The highest BCUT2D eigenvalue weighted by atomic mass is 35.5. The number of carbonyl (C=O) groups excluding carboxylic acids is 5. The molecule has 1 N–H and O–H groups in total. The zero-order valence-corrected chi connectivity index (χ0v) is 28.7. The van der Waals surface area contributed by atoms with E-state index in [1.54, 1.807) is 84.9 Å². The van der Waals surface area contributed by atoms with Crippen LogP contribution in [-0.4, -0.2) is 78.1 Å². The van der Waals surface area contributed by atoms with Gasteiger partial charge in [0.2, 0.25) is 18.4 Å². The number of oxime groups is 1. The quantitative estimate of drug-likeness (QED) is 0.167. The third kappa shape index (κ3) is 7.43. The maximum atomic E-state index is 13.5. The van der Waals surface area contributed by atoms with Crippen molar-refractivity contribution in [3.63, 3.8) is 0 Å². The van der Waals surface area contributed by atoms with Crippen LogP contribution >= 0.6 is 23.2 Å². The summed E-state index contributed by atoms with van der Waals surface area (Å²) in [5, 5.41) is 7.20. The molecule has 2 saturated heterocycles. The van der Waals surface area contributed by atoms with Crippen molar-refractivity contribution in [3.8, 4) is 0 Å². The molecule has 0 spiro atoms. The lowest BCUT2D eigenvalue weighted by Crippen LogP contribution is -2.62. The van der Waals surface area contributed by atoms with Crippen LogP contribution in [0, 0.1) is 5.92 Å². The highest BCUT2D eigenvalue weighted by Gasteiger charge is 2.57. The van der Waals surface area contributed by atoms with E-state index in [0.717, 1.165) is 0 Å². The van der Waals surface area contributed by atoms with E-state index in [1.165, 1.54) is 24.3 Å². The van der Waals surface area contributed by atoms with Gasteiger partial charge in [-0.15, -0.1) is 0 Å². The van der Waals surface area contributed by atoms with Gasteiger partial charge in [-0.1, -0.05) is 89.0 Å². The number of hydroxylamine groups is 2. The summed E-state index contributed by atoms with van der Waals surface area (Å²) >= 11 is 12.8. The van der Waals surface area contributed by atoms with Gasteiger partial charge in [-0.25, -0.2) is 24.0 Å². The topological polar surface area (TPSA) is 168 Å². The molecule has 3 aliphatic rings. The lowest BCUT2D eigenvalue weighted by Gasteiger charge is -2.35. The molecule has 7 rings (SSSR count). The van der Waals surface area contributed by atoms with Gasteiger partial charge in [0.15, 0.2) is 12.2 Å². The molecular formula is C37H27Cl2N3O11. The number of imide groups is 1. The third-order valence-electron chi connectivity index (χ3n) is 8.38. The Hall–Kier alpha value is -5.80. The predicted octanol–water partition coefficient (Wildman–Crippen LogP) is 5.19. The number of hydrogen-bond donors (Lipinski definition) is 1. The van der Waals surface area contributed by atoms with Gasteiger partial charge in [-0.3, -0.25) is 10.1 Å². The monoisotopic (exact) mass is 759 g/mol. The van der Waals surface area contributed by atoms with Crippen molar-refractivity contribution < 1.29 is 52.6 Å². The Morgan fingerprint density at radius 1 is 0.717 bits per heavy atom. The van der Waals surface area contributed by atoms with Crippen molar-refractivity contribution in [1.29, 1.82) is 0 Å². The molecule has 3 amide bonds. The van der Waals surface area contributed by atoms with Crippen molar-refractivity contribution >= 4 is 58.8 Å². The van der Waals surface area contributed by atoms with E-state index in [-0.39, 0.29) is 38.0 Å². The summed E-state index contributed by atoms with van der Waals surface area (Å²) in [5.41, 5.74) is 0.742. The number of amides is 3. The highest BCUT2D eigenvalue weighted by molar-refractivity contribution is 6.41. The predicted molar refractivity (Wildman–Crippen MR) is 185 cm³/mol. The van der Waals surface area contributed by atoms with E-state index in [4.69, 9.17) is 51.8 Å². The first-order valence-electron chi connectivity index (χ1n) is 16.1. The second kappa shape index (κ2) is 15.4. The van der Waals surface area contributed by atoms with Crippen LogP contribution in [0.5, 0.6) is 0 Å². The molecule has 16 heteroatoms. The van der Waals surface area contributed by atoms with Gasteiger partial charge < -0.3 is 23.8 Å². The lowest BCUT2D eigenvalue weighted by atomic mass is 9.93. The van der Waals surface area contributed by atoms with Crippen LogP contribution in [0.15, 0.2) is 114 Å². The second-order valence-corrected chi connectivity index (χ2v) is 12.6. The fourth-order valence-corrected chi connectivity index (χ4v) is 6.43. The average Bonchev–Trinajstić information content (AvgIpc) is 3.74. The van der Waals surface area contributed by atoms with Crippen LogP contribution in [0.1, 0.15) is 36.6 Å². The minimum atomic E-state index is -1.71. The molecule has 0 radical (unpaired) electrons. The Labute approximate surface area is 311 Å². The number of ether oxygens (including phenoxy) is 4. The average molecular weight is 761 g/mol. The normalized spacial score (nSPS) is 23.3. The highest BCUT2D eigenvalue weighted by Crippen LogP contribution is 2.37. The third-order valence-corrected chi connectivity index (χ3v) is 9.01. The van der Waals surface area contributed by atoms with Gasteiger partial charge in [0, 0.05) is 5.56 Å². The zero-order valence-electron chi connectivity index (χ0n) is 27.2. The van der Waals surface area contributed by atoms with Gasteiger partial charge >= 0.3 is 23.9 Å². The number of rotatable bonds is 10. The number of carbonyl (C=O) groups is 5. The van der Waals surface area contributed by atoms with E-state index in [9.17, 15) is 24.0 Å². The largest absolute Gasteiger partial charge is 0.459 e. The molecule has 14 nitrogen and oxygen atoms in total. The van der Waals surface area contributed by atoms with Crippen LogP contribution in [-0.2, 0) is 33.4 Å². The molecule has 0 aliphatic carbocycles. The smallest absolute Gasteiger partial charge is 0.351 e. The van der Waals surface area contributed by atoms with Crippen LogP contribution in [0.25, 0.3) is 0 Å². The van der Waals surface area contributed by atoms with Crippen molar-refractivity contribution in [1.82, 2.24) is 10.4 Å². The fraction of sp³-hybridized carbons (Fsp3) is 0.189. The van der Waals surface area contributed by atoms with Crippen molar-refractivity contribution in [2.24, 2.45) is 11.1 Å². The summed E-state index contributed by atoms with van der Waals surface area (Å²) in [5.74, 6) is -4.47. The van der Waals surface area contributed by atoms with Gasteiger partial charge in [-0.05, 0) is 48.5 Å². The Morgan fingerprint density at radius 3 is 1.81 bits per heavy atom.